The van der Waals surface area contributed by atoms with E-state index in [0.29, 0.717) is 6.54 Å². The summed E-state index contributed by atoms with van der Waals surface area (Å²) in [5.41, 5.74) is 0.898. The van der Waals surface area contributed by atoms with Crippen LogP contribution in [0.25, 0.3) is 0 Å². The molecule has 0 aromatic heterocycles. The first-order valence-corrected chi connectivity index (χ1v) is 10.8. The van der Waals surface area contributed by atoms with Crippen LogP contribution in [0, 0.1) is 0 Å². The minimum atomic E-state index is -3.67. The number of benzene rings is 1. The van der Waals surface area contributed by atoms with Gasteiger partial charge in [0.25, 0.3) is 0 Å². The molecular weight excluding hydrogens is 340 g/mol. The van der Waals surface area contributed by atoms with Crippen LogP contribution in [0.5, 0.6) is 0 Å². The lowest BCUT2D eigenvalue weighted by atomic mass is 10.2. The van der Waals surface area contributed by atoms with Crippen LogP contribution in [-0.4, -0.2) is 57.4 Å². The highest BCUT2D eigenvalue weighted by molar-refractivity contribution is 7.92. The molecule has 1 aliphatic heterocycles. The van der Waals surface area contributed by atoms with Crippen LogP contribution >= 0.6 is 0 Å². The van der Waals surface area contributed by atoms with Gasteiger partial charge in [0, 0.05) is 12.6 Å². The van der Waals surface area contributed by atoms with E-state index < -0.39 is 31.8 Å². The topological polar surface area (TPSA) is 101 Å². The van der Waals surface area contributed by atoms with Crippen LogP contribution in [0.2, 0.25) is 0 Å². The average molecular weight is 360 g/mol. The Balaban J connectivity index is 2.00. The Morgan fingerprint density at radius 3 is 2.48 bits per heavy atom. The first kappa shape index (κ1) is 17.9. The van der Waals surface area contributed by atoms with E-state index in [1.807, 2.05) is 30.3 Å². The molecule has 1 heterocycles. The van der Waals surface area contributed by atoms with Crippen molar-refractivity contribution in [3.63, 3.8) is 0 Å². The van der Waals surface area contributed by atoms with Crippen molar-refractivity contribution >= 4 is 25.8 Å². The zero-order valence-corrected chi connectivity index (χ0v) is 14.4. The molecule has 2 rings (SSSR count). The molecule has 1 saturated heterocycles. The highest BCUT2D eigenvalue weighted by atomic mass is 32.2. The van der Waals surface area contributed by atoms with E-state index in [9.17, 15) is 21.6 Å². The normalized spacial score (nSPS) is 20.5. The fourth-order valence-corrected chi connectivity index (χ4v) is 5.41. The Labute approximate surface area is 136 Å². The SMILES string of the molecule is CS(=O)(=O)N(CC(=O)NCc1ccccc1)C1CCS(=O)(=O)C1. The van der Waals surface area contributed by atoms with Crippen LogP contribution in [0.15, 0.2) is 30.3 Å². The summed E-state index contributed by atoms with van der Waals surface area (Å²) in [4.78, 5) is 12.0. The van der Waals surface area contributed by atoms with Gasteiger partial charge in [0.05, 0.1) is 24.3 Å². The highest BCUT2D eigenvalue weighted by Crippen LogP contribution is 2.19. The van der Waals surface area contributed by atoms with Gasteiger partial charge in [-0.2, -0.15) is 4.31 Å². The number of amides is 1. The molecule has 0 bridgehead atoms. The number of sulfonamides is 1. The zero-order chi connectivity index (χ0) is 17.1. The third-order valence-electron chi connectivity index (χ3n) is 3.67. The molecule has 1 aliphatic rings. The van der Waals surface area contributed by atoms with Gasteiger partial charge in [-0.25, -0.2) is 16.8 Å². The molecule has 1 unspecified atom stereocenters. The number of sulfone groups is 1. The molecule has 1 aromatic rings. The van der Waals surface area contributed by atoms with Gasteiger partial charge >= 0.3 is 0 Å². The van der Waals surface area contributed by atoms with Crippen LogP contribution in [-0.2, 0) is 31.2 Å². The quantitative estimate of drug-likeness (QED) is 0.754. The number of nitrogens with one attached hydrogen (secondary N) is 1. The van der Waals surface area contributed by atoms with Crippen molar-refractivity contribution in [2.75, 3.05) is 24.3 Å². The fourth-order valence-electron chi connectivity index (χ4n) is 2.51. The Bertz CT molecular complexity index is 760. The van der Waals surface area contributed by atoms with E-state index in [1.165, 1.54) is 0 Å². The lowest BCUT2D eigenvalue weighted by Gasteiger charge is -2.24. The van der Waals surface area contributed by atoms with E-state index in [0.717, 1.165) is 16.1 Å². The van der Waals surface area contributed by atoms with E-state index in [-0.39, 0.29) is 24.5 Å². The summed E-state index contributed by atoms with van der Waals surface area (Å²) in [7, 11) is -6.90. The second-order valence-electron chi connectivity index (χ2n) is 5.63. The maximum absolute atomic E-state index is 12.0. The van der Waals surface area contributed by atoms with Gasteiger partial charge in [-0.3, -0.25) is 4.79 Å². The number of carbonyl (C=O) groups excluding carboxylic acids is 1. The van der Waals surface area contributed by atoms with E-state index in [1.54, 1.807) is 0 Å². The predicted octanol–water partition coefficient (Wildman–Crippen LogP) is -0.248. The average Bonchev–Trinajstić information content (AvgIpc) is 2.82. The summed E-state index contributed by atoms with van der Waals surface area (Å²) in [5.74, 6) is -0.731. The lowest BCUT2D eigenvalue weighted by Crippen LogP contribution is -2.46. The summed E-state index contributed by atoms with van der Waals surface area (Å²) in [6, 6.07) is 8.56. The number of carbonyl (C=O) groups is 1. The lowest BCUT2D eigenvalue weighted by molar-refractivity contribution is -0.121. The standard InChI is InChI=1S/C14H20N2O5S2/c1-22(18,19)16(13-7-8-23(20,21)11-13)10-14(17)15-9-12-5-3-2-4-6-12/h2-6,13H,7-11H2,1H3,(H,15,17). The first-order chi connectivity index (χ1) is 10.7. The molecule has 1 atom stereocenters. The van der Waals surface area contributed by atoms with Crippen molar-refractivity contribution in [3.05, 3.63) is 35.9 Å². The smallest absolute Gasteiger partial charge is 0.235 e. The maximum Gasteiger partial charge on any atom is 0.235 e. The van der Waals surface area contributed by atoms with Crippen molar-refractivity contribution in [1.82, 2.24) is 9.62 Å². The second-order valence-corrected chi connectivity index (χ2v) is 9.79. The van der Waals surface area contributed by atoms with Gasteiger partial charge in [-0.15, -0.1) is 0 Å². The summed E-state index contributed by atoms with van der Waals surface area (Å²) >= 11 is 0. The van der Waals surface area contributed by atoms with Crippen molar-refractivity contribution in [1.29, 1.82) is 0 Å². The molecule has 0 spiro atoms. The van der Waals surface area contributed by atoms with Gasteiger partial charge in [0.2, 0.25) is 15.9 Å². The van der Waals surface area contributed by atoms with Gasteiger partial charge in [-0.1, -0.05) is 30.3 Å². The molecule has 1 fully saturated rings. The third-order valence-corrected chi connectivity index (χ3v) is 6.70. The number of hydrogen-bond donors (Lipinski definition) is 1. The molecule has 128 valence electrons. The van der Waals surface area contributed by atoms with E-state index >= 15 is 0 Å². The van der Waals surface area contributed by atoms with E-state index in [2.05, 4.69) is 5.32 Å². The van der Waals surface area contributed by atoms with Gasteiger partial charge in [0.15, 0.2) is 9.84 Å². The number of nitrogens with zero attached hydrogens (tertiary/aromatic N) is 1. The van der Waals surface area contributed by atoms with E-state index in [4.69, 9.17) is 0 Å². The van der Waals surface area contributed by atoms with Crippen LogP contribution in [0.1, 0.15) is 12.0 Å². The van der Waals surface area contributed by atoms with Crippen molar-refractivity contribution in [2.24, 2.45) is 0 Å². The predicted molar refractivity (Wildman–Crippen MR) is 86.9 cm³/mol. The summed E-state index contributed by atoms with van der Waals surface area (Å²) in [6.07, 6.45) is 1.21. The molecule has 1 N–H and O–H groups in total. The zero-order valence-electron chi connectivity index (χ0n) is 12.8. The fraction of sp³-hybridized carbons (Fsp3) is 0.500. The molecule has 23 heavy (non-hydrogen) atoms. The first-order valence-electron chi connectivity index (χ1n) is 7.15. The van der Waals surface area contributed by atoms with Crippen LogP contribution in [0.4, 0.5) is 0 Å². The second kappa shape index (κ2) is 6.98. The minimum Gasteiger partial charge on any atom is -0.351 e. The van der Waals surface area contributed by atoms with Gasteiger partial charge < -0.3 is 5.32 Å². The Morgan fingerprint density at radius 2 is 1.96 bits per heavy atom. The largest absolute Gasteiger partial charge is 0.351 e. The summed E-state index contributed by atoms with van der Waals surface area (Å²) in [6.45, 7) is -0.0773. The molecule has 0 saturated carbocycles. The third kappa shape index (κ3) is 5.29. The minimum absolute atomic E-state index is 0.0463. The van der Waals surface area contributed by atoms with Crippen molar-refractivity contribution in [3.8, 4) is 0 Å². The molecule has 9 heteroatoms. The molecule has 1 aromatic carbocycles. The summed E-state index contributed by atoms with van der Waals surface area (Å²) < 4.78 is 47.9. The Kier molecular flexibility index (Phi) is 5.43. The maximum atomic E-state index is 12.0. The van der Waals surface area contributed by atoms with Crippen molar-refractivity contribution < 1.29 is 21.6 Å². The Hall–Kier alpha value is -1.45. The van der Waals surface area contributed by atoms with Crippen LogP contribution < -0.4 is 5.32 Å². The molecule has 0 radical (unpaired) electrons. The molecule has 7 nitrogen and oxygen atoms in total. The molecule has 0 aliphatic carbocycles. The Morgan fingerprint density at radius 1 is 1.30 bits per heavy atom. The monoisotopic (exact) mass is 360 g/mol. The van der Waals surface area contributed by atoms with Gasteiger partial charge in [-0.05, 0) is 12.0 Å². The molecule has 1 amide bonds. The van der Waals surface area contributed by atoms with Crippen LogP contribution in [0.3, 0.4) is 0 Å². The summed E-state index contributed by atoms with van der Waals surface area (Å²) in [5, 5.41) is 2.65. The molecular formula is C14H20N2O5S2. The van der Waals surface area contributed by atoms with Gasteiger partial charge in [0.1, 0.15) is 0 Å². The number of hydrogen-bond acceptors (Lipinski definition) is 5. The van der Waals surface area contributed by atoms with Crippen molar-refractivity contribution in [2.45, 2.75) is 19.0 Å². The number of rotatable bonds is 6. The highest BCUT2D eigenvalue weighted by Gasteiger charge is 2.37.